The van der Waals surface area contributed by atoms with Crippen molar-refractivity contribution >= 4 is 19.8 Å². The van der Waals surface area contributed by atoms with Gasteiger partial charge in [-0.1, -0.05) is 120 Å². The second-order valence-corrected chi connectivity index (χ2v) is 14.0. The molecule has 0 saturated carbocycles. The molecule has 0 aliphatic heterocycles. The van der Waals surface area contributed by atoms with Crippen LogP contribution in [0, 0.1) is 5.92 Å². The number of hydrogen-bond donors (Lipinski definition) is 4. The molecule has 288 valence electrons. The van der Waals surface area contributed by atoms with Crippen LogP contribution in [0.3, 0.4) is 0 Å². The molecule has 0 saturated heterocycles. The van der Waals surface area contributed by atoms with Crippen LogP contribution in [-0.4, -0.2) is 76.9 Å². The maximum Gasteiger partial charge on any atom is 0.472 e. The zero-order valence-corrected chi connectivity index (χ0v) is 31.5. The molecule has 0 radical (unpaired) electrons. The summed E-state index contributed by atoms with van der Waals surface area (Å²) in [5.74, 6) is -0.323. The predicted octanol–water partition coefficient (Wildman–Crippen LogP) is 7.60. The Labute approximate surface area is 300 Å². The van der Waals surface area contributed by atoms with Crippen molar-refractivity contribution in [1.82, 2.24) is 0 Å². The highest BCUT2D eigenvalue weighted by Gasteiger charge is 2.27. The van der Waals surface area contributed by atoms with Gasteiger partial charge in [-0.3, -0.25) is 18.6 Å². The van der Waals surface area contributed by atoms with Crippen molar-refractivity contribution in [3.63, 3.8) is 0 Å². The van der Waals surface area contributed by atoms with Gasteiger partial charge in [0.15, 0.2) is 6.10 Å². The van der Waals surface area contributed by atoms with Gasteiger partial charge in [-0.25, -0.2) is 4.57 Å². The Kier molecular flexibility index (Phi) is 31.0. The summed E-state index contributed by atoms with van der Waals surface area (Å²) in [6.45, 7) is 4.14. The molecule has 0 amide bonds. The molecule has 0 aliphatic carbocycles. The van der Waals surface area contributed by atoms with Crippen LogP contribution in [0.25, 0.3) is 0 Å². The highest BCUT2D eigenvalue weighted by molar-refractivity contribution is 7.47. The molecule has 0 aliphatic rings. The van der Waals surface area contributed by atoms with Gasteiger partial charge in [0.25, 0.3) is 0 Å². The Balaban J connectivity index is 4.49. The molecule has 1 unspecified atom stereocenters. The van der Waals surface area contributed by atoms with Crippen molar-refractivity contribution in [2.45, 2.75) is 135 Å². The Morgan fingerprint density at radius 1 is 0.720 bits per heavy atom. The first kappa shape index (κ1) is 47.6. The molecule has 50 heavy (non-hydrogen) atoms. The van der Waals surface area contributed by atoms with Crippen molar-refractivity contribution in [3.8, 4) is 0 Å². The summed E-state index contributed by atoms with van der Waals surface area (Å²) in [5, 5.41) is 27.7. The fraction of sp³-hybridized carbons (Fsp3) is 0.684. The van der Waals surface area contributed by atoms with Gasteiger partial charge in [0.05, 0.1) is 25.9 Å². The van der Waals surface area contributed by atoms with Gasteiger partial charge >= 0.3 is 19.8 Å². The summed E-state index contributed by atoms with van der Waals surface area (Å²) in [6.07, 6.45) is 29.0. The number of unbranched alkanes of at least 4 members (excludes halogenated alkanes) is 6. The summed E-state index contributed by atoms with van der Waals surface area (Å²) in [4.78, 5) is 34.7. The number of allylic oxidation sites excluding steroid dienone is 9. The van der Waals surface area contributed by atoms with E-state index in [1.165, 1.54) is 19.3 Å². The van der Waals surface area contributed by atoms with Gasteiger partial charge in [-0.15, -0.1) is 0 Å². The van der Waals surface area contributed by atoms with E-state index in [4.69, 9.17) is 19.1 Å². The Bertz CT molecular complexity index is 1050. The first-order valence-electron chi connectivity index (χ1n) is 18.2. The molecule has 0 heterocycles. The molecule has 4 N–H and O–H groups in total. The van der Waals surface area contributed by atoms with Crippen molar-refractivity contribution in [2.75, 3.05) is 26.4 Å². The van der Waals surface area contributed by atoms with Crippen LogP contribution in [0.5, 0.6) is 0 Å². The molecule has 0 aromatic carbocycles. The molecular formula is C38H65O11P. The average molecular weight is 729 g/mol. The standard InChI is InChI=1S/C38H65O11P/c1-4-34(40)26-22-18-13-11-9-7-5-6-8-10-12-14-19-23-27-37(42)46-31-36(32-48-50(44,45)47-30-35(41)29-39)49-38(43)28-24-20-16-15-17-21-25-33(2)3/h6-9,12-14,18,22,26,33-36,39-41H,4-5,10-11,15-17,19-21,23-25,27-32H2,1-3H3,(H,44,45)/b8-6-,9-7-,14-12-,18-13-,26-22+/t34-,35-,36+/m0/s1. The Hall–Kier alpha value is -2.37. The largest absolute Gasteiger partial charge is 0.472 e. The van der Waals surface area contributed by atoms with Crippen molar-refractivity contribution < 1.29 is 52.9 Å². The number of esters is 2. The van der Waals surface area contributed by atoms with E-state index in [1.807, 2.05) is 37.3 Å². The van der Waals surface area contributed by atoms with E-state index in [9.17, 15) is 29.3 Å². The first-order chi connectivity index (χ1) is 24.0. The minimum Gasteiger partial charge on any atom is -0.462 e. The van der Waals surface area contributed by atoms with Crippen LogP contribution in [0.15, 0.2) is 60.8 Å². The molecule has 4 atom stereocenters. The van der Waals surface area contributed by atoms with Gasteiger partial charge in [0.2, 0.25) is 0 Å². The summed E-state index contributed by atoms with van der Waals surface area (Å²) in [5.41, 5.74) is 0. The van der Waals surface area contributed by atoms with Crippen LogP contribution in [0.2, 0.25) is 0 Å². The van der Waals surface area contributed by atoms with Gasteiger partial charge < -0.3 is 29.7 Å². The van der Waals surface area contributed by atoms with E-state index < -0.39 is 51.8 Å². The number of phosphoric ester groups is 1. The number of rotatable bonds is 32. The lowest BCUT2D eigenvalue weighted by Crippen LogP contribution is -2.29. The van der Waals surface area contributed by atoms with Crippen LogP contribution in [0.4, 0.5) is 0 Å². The molecule has 0 bridgehead atoms. The third-order valence-electron chi connectivity index (χ3n) is 7.27. The lowest BCUT2D eigenvalue weighted by molar-refractivity contribution is -0.161. The summed E-state index contributed by atoms with van der Waals surface area (Å²) in [7, 11) is -4.63. The second kappa shape index (κ2) is 32.5. The zero-order valence-electron chi connectivity index (χ0n) is 30.6. The minimum atomic E-state index is -4.63. The molecular weight excluding hydrogens is 663 g/mol. The Morgan fingerprint density at radius 3 is 1.94 bits per heavy atom. The van der Waals surface area contributed by atoms with E-state index in [2.05, 4.69) is 42.7 Å². The van der Waals surface area contributed by atoms with E-state index in [-0.39, 0.29) is 25.6 Å². The SMILES string of the molecule is CC[C@H](O)/C=C/C=C\C/C=C\C/C=C\C/C=C\CCCC(=O)OC[C@H](COP(=O)(O)OC[C@@H](O)CO)OC(=O)CCCCCCCCC(C)C. The van der Waals surface area contributed by atoms with E-state index in [0.29, 0.717) is 31.6 Å². The molecule has 11 nitrogen and oxygen atoms in total. The Morgan fingerprint density at radius 2 is 1.30 bits per heavy atom. The number of phosphoric acid groups is 1. The fourth-order valence-corrected chi connectivity index (χ4v) is 5.07. The average Bonchev–Trinajstić information content (AvgIpc) is 3.08. The van der Waals surface area contributed by atoms with Gasteiger partial charge in [-0.05, 0) is 50.9 Å². The lowest BCUT2D eigenvalue weighted by Gasteiger charge is -2.20. The smallest absolute Gasteiger partial charge is 0.462 e. The number of hydrogen-bond acceptors (Lipinski definition) is 10. The van der Waals surface area contributed by atoms with Crippen LogP contribution in [-0.2, 0) is 32.7 Å². The quantitative estimate of drug-likeness (QED) is 0.0177. The molecule has 0 spiro atoms. The fourth-order valence-electron chi connectivity index (χ4n) is 4.28. The lowest BCUT2D eigenvalue weighted by atomic mass is 10.0. The molecule has 0 fully saturated rings. The predicted molar refractivity (Wildman–Crippen MR) is 197 cm³/mol. The van der Waals surface area contributed by atoms with Crippen molar-refractivity contribution in [2.24, 2.45) is 5.92 Å². The van der Waals surface area contributed by atoms with Gasteiger partial charge in [-0.2, -0.15) is 0 Å². The van der Waals surface area contributed by atoms with E-state index in [1.54, 1.807) is 6.08 Å². The first-order valence-corrected chi connectivity index (χ1v) is 19.7. The summed E-state index contributed by atoms with van der Waals surface area (Å²) in [6, 6.07) is 0. The minimum absolute atomic E-state index is 0.147. The third-order valence-corrected chi connectivity index (χ3v) is 8.22. The maximum atomic E-state index is 12.5. The van der Waals surface area contributed by atoms with Gasteiger partial charge in [0, 0.05) is 12.8 Å². The molecule has 12 heteroatoms. The second-order valence-electron chi connectivity index (χ2n) is 12.5. The number of ether oxygens (including phenoxy) is 2. The molecule has 0 aromatic rings. The summed E-state index contributed by atoms with van der Waals surface area (Å²) < 4.78 is 32.4. The van der Waals surface area contributed by atoms with E-state index in [0.717, 1.165) is 38.5 Å². The molecule has 0 rings (SSSR count). The third kappa shape index (κ3) is 32.8. The number of carbonyl (C=O) groups is 2. The molecule has 0 aromatic heterocycles. The summed E-state index contributed by atoms with van der Waals surface area (Å²) >= 11 is 0. The maximum absolute atomic E-state index is 12.5. The zero-order chi connectivity index (χ0) is 37.3. The number of carbonyl (C=O) groups excluding carboxylic acids is 2. The van der Waals surface area contributed by atoms with Crippen LogP contribution in [0.1, 0.15) is 117 Å². The topological polar surface area (TPSA) is 169 Å². The van der Waals surface area contributed by atoms with Crippen LogP contribution < -0.4 is 0 Å². The van der Waals surface area contributed by atoms with E-state index >= 15 is 0 Å². The number of aliphatic hydroxyl groups is 3. The number of aliphatic hydroxyl groups excluding tert-OH is 3. The van der Waals surface area contributed by atoms with Crippen LogP contribution >= 0.6 is 7.82 Å². The van der Waals surface area contributed by atoms with Crippen molar-refractivity contribution in [1.29, 1.82) is 0 Å². The van der Waals surface area contributed by atoms with Crippen molar-refractivity contribution in [3.05, 3.63) is 60.8 Å². The normalized spacial score (nSPS) is 15.5. The highest BCUT2D eigenvalue weighted by Crippen LogP contribution is 2.43. The monoisotopic (exact) mass is 728 g/mol. The van der Waals surface area contributed by atoms with Gasteiger partial charge in [0.1, 0.15) is 12.7 Å². The highest BCUT2D eigenvalue weighted by atomic mass is 31.2.